The molecule has 2 aromatic heterocycles. The zero-order valence-electron chi connectivity index (χ0n) is 10.8. The molecule has 2 heterocycles. The van der Waals surface area contributed by atoms with Crippen LogP contribution in [-0.4, -0.2) is 25.8 Å². The molecule has 1 saturated carbocycles. The van der Waals surface area contributed by atoms with Gasteiger partial charge < -0.3 is 5.32 Å². The molecule has 100 valence electrons. The number of rotatable bonds is 4. The summed E-state index contributed by atoms with van der Waals surface area (Å²) in [6, 6.07) is 0.716. The third-order valence-electron chi connectivity index (χ3n) is 3.81. The highest BCUT2D eigenvalue weighted by Crippen LogP contribution is 2.25. The van der Waals surface area contributed by atoms with Gasteiger partial charge in [-0.15, -0.1) is 10.2 Å². The fourth-order valence-corrected chi connectivity index (χ4v) is 3.35. The van der Waals surface area contributed by atoms with Crippen LogP contribution in [0.25, 0.3) is 5.13 Å². The molecule has 19 heavy (non-hydrogen) atoms. The number of nitrogens with zero attached hydrogens (tertiary/aromatic N) is 4. The SMILES string of the molecule is c1nc2c(n1-c1nnc(CNC3CC3)s1)CCCC2. The monoisotopic (exact) mass is 275 g/mol. The Bertz CT molecular complexity index is 584. The Hall–Kier alpha value is -1.27. The van der Waals surface area contributed by atoms with E-state index in [0.717, 1.165) is 29.5 Å². The molecule has 0 atom stereocenters. The average molecular weight is 275 g/mol. The molecule has 6 heteroatoms. The molecule has 1 fully saturated rings. The van der Waals surface area contributed by atoms with Gasteiger partial charge in [0.15, 0.2) is 0 Å². The minimum absolute atomic E-state index is 0.716. The van der Waals surface area contributed by atoms with Crippen molar-refractivity contribution in [3.63, 3.8) is 0 Å². The maximum absolute atomic E-state index is 4.51. The van der Waals surface area contributed by atoms with Crippen LogP contribution < -0.4 is 5.32 Å². The Morgan fingerprint density at radius 1 is 1.26 bits per heavy atom. The molecule has 0 spiro atoms. The van der Waals surface area contributed by atoms with E-state index in [9.17, 15) is 0 Å². The molecule has 0 aliphatic heterocycles. The van der Waals surface area contributed by atoms with Gasteiger partial charge in [0.1, 0.15) is 11.3 Å². The minimum Gasteiger partial charge on any atom is -0.308 e. The maximum atomic E-state index is 4.51. The topological polar surface area (TPSA) is 55.6 Å². The van der Waals surface area contributed by atoms with Crippen molar-refractivity contribution in [1.82, 2.24) is 25.1 Å². The van der Waals surface area contributed by atoms with Gasteiger partial charge >= 0.3 is 0 Å². The number of hydrogen-bond acceptors (Lipinski definition) is 5. The summed E-state index contributed by atoms with van der Waals surface area (Å²) in [5.74, 6) is 0. The third-order valence-corrected chi connectivity index (χ3v) is 4.73. The first kappa shape index (κ1) is 11.5. The van der Waals surface area contributed by atoms with Crippen LogP contribution in [0, 0.1) is 0 Å². The van der Waals surface area contributed by atoms with E-state index in [4.69, 9.17) is 0 Å². The fraction of sp³-hybridized carbons (Fsp3) is 0.615. The largest absolute Gasteiger partial charge is 0.308 e. The molecule has 0 bridgehead atoms. The van der Waals surface area contributed by atoms with Crippen LogP contribution in [0.1, 0.15) is 42.1 Å². The van der Waals surface area contributed by atoms with E-state index in [0.29, 0.717) is 6.04 Å². The van der Waals surface area contributed by atoms with E-state index in [1.807, 2.05) is 6.33 Å². The van der Waals surface area contributed by atoms with Gasteiger partial charge in [-0.3, -0.25) is 4.57 Å². The molecule has 0 aromatic carbocycles. The van der Waals surface area contributed by atoms with Crippen LogP contribution in [0.5, 0.6) is 0 Å². The quantitative estimate of drug-likeness (QED) is 0.925. The first-order chi connectivity index (χ1) is 9.40. The van der Waals surface area contributed by atoms with Crippen LogP contribution in [0.3, 0.4) is 0 Å². The fourth-order valence-electron chi connectivity index (χ4n) is 2.57. The van der Waals surface area contributed by atoms with Gasteiger partial charge in [0, 0.05) is 11.7 Å². The predicted molar refractivity (Wildman–Crippen MR) is 73.5 cm³/mol. The Balaban J connectivity index is 1.56. The summed E-state index contributed by atoms with van der Waals surface area (Å²) in [7, 11) is 0. The van der Waals surface area contributed by atoms with Crippen molar-refractivity contribution >= 4 is 11.3 Å². The first-order valence-corrected chi connectivity index (χ1v) is 7.83. The number of aromatic nitrogens is 4. The van der Waals surface area contributed by atoms with E-state index in [2.05, 4.69) is 25.1 Å². The second kappa shape index (κ2) is 4.68. The van der Waals surface area contributed by atoms with Crippen LogP contribution in [0.15, 0.2) is 6.33 Å². The zero-order chi connectivity index (χ0) is 12.7. The molecule has 1 N–H and O–H groups in total. The van der Waals surface area contributed by atoms with Crippen molar-refractivity contribution in [2.45, 2.75) is 51.1 Å². The lowest BCUT2D eigenvalue weighted by Gasteiger charge is -2.11. The summed E-state index contributed by atoms with van der Waals surface area (Å²) in [6.07, 6.45) is 9.27. The van der Waals surface area contributed by atoms with Crippen LogP contribution >= 0.6 is 11.3 Å². The highest BCUT2D eigenvalue weighted by Gasteiger charge is 2.21. The highest BCUT2D eigenvalue weighted by atomic mass is 32.1. The third kappa shape index (κ3) is 2.30. The van der Waals surface area contributed by atoms with E-state index in [1.165, 1.54) is 37.1 Å². The van der Waals surface area contributed by atoms with Crippen LogP contribution in [-0.2, 0) is 19.4 Å². The second-order valence-corrected chi connectivity index (χ2v) is 6.39. The van der Waals surface area contributed by atoms with Crippen molar-refractivity contribution in [1.29, 1.82) is 0 Å². The molecule has 0 saturated heterocycles. The molecule has 4 rings (SSSR count). The standard InChI is InChI=1S/C13H17N5S/c1-2-4-11-10(3-1)15-8-18(11)13-17-16-12(19-13)7-14-9-5-6-9/h8-9,14H,1-7H2. The molecule has 2 aliphatic carbocycles. The lowest BCUT2D eigenvalue weighted by molar-refractivity contribution is 0.654. The van der Waals surface area contributed by atoms with Crippen molar-refractivity contribution < 1.29 is 0 Å². The van der Waals surface area contributed by atoms with Crippen molar-refractivity contribution in [2.75, 3.05) is 0 Å². The summed E-state index contributed by atoms with van der Waals surface area (Å²) in [5.41, 5.74) is 2.59. The van der Waals surface area contributed by atoms with E-state index in [1.54, 1.807) is 11.3 Å². The van der Waals surface area contributed by atoms with Crippen molar-refractivity contribution in [3.05, 3.63) is 22.7 Å². The molecule has 0 amide bonds. The van der Waals surface area contributed by atoms with Gasteiger partial charge in [0.05, 0.1) is 12.2 Å². The Morgan fingerprint density at radius 2 is 2.16 bits per heavy atom. The van der Waals surface area contributed by atoms with Crippen molar-refractivity contribution in [3.8, 4) is 5.13 Å². The molecule has 0 unspecified atom stereocenters. The van der Waals surface area contributed by atoms with Crippen LogP contribution in [0.2, 0.25) is 0 Å². The van der Waals surface area contributed by atoms with E-state index in [-0.39, 0.29) is 0 Å². The molecular formula is C13H17N5S. The van der Waals surface area contributed by atoms with E-state index < -0.39 is 0 Å². The number of hydrogen-bond donors (Lipinski definition) is 1. The zero-order valence-corrected chi connectivity index (χ0v) is 11.6. The average Bonchev–Trinajstić information content (AvgIpc) is 3.00. The van der Waals surface area contributed by atoms with E-state index >= 15 is 0 Å². The number of imidazole rings is 1. The van der Waals surface area contributed by atoms with Gasteiger partial charge in [-0.05, 0) is 38.5 Å². The normalized spacial score (nSPS) is 18.5. The minimum atomic E-state index is 0.716. The summed E-state index contributed by atoms with van der Waals surface area (Å²) in [4.78, 5) is 4.51. The summed E-state index contributed by atoms with van der Waals surface area (Å²) >= 11 is 1.67. The molecule has 5 nitrogen and oxygen atoms in total. The summed E-state index contributed by atoms with van der Waals surface area (Å²) in [5, 5.41) is 14.1. The highest BCUT2D eigenvalue weighted by molar-refractivity contribution is 7.13. The summed E-state index contributed by atoms with van der Waals surface area (Å²) < 4.78 is 2.13. The van der Waals surface area contributed by atoms with Gasteiger partial charge in [0.2, 0.25) is 5.13 Å². The Labute approximate surface area is 116 Å². The number of fused-ring (bicyclic) bond motifs is 1. The summed E-state index contributed by atoms with van der Waals surface area (Å²) in [6.45, 7) is 0.846. The van der Waals surface area contributed by atoms with Gasteiger partial charge in [-0.25, -0.2) is 4.98 Å². The molecule has 0 radical (unpaired) electrons. The van der Waals surface area contributed by atoms with Crippen molar-refractivity contribution in [2.24, 2.45) is 0 Å². The molecule has 2 aromatic rings. The lowest BCUT2D eigenvalue weighted by Crippen LogP contribution is -2.14. The van der Waals surface area contributed by atoms with Gasteiger partial charge in [-0.1, -0.05) is 11.3 Å². The lowest BCUT2D eigenvalue weighted by atomic mass is 10.0. The van der Waals surface area contributed by atoms with Gasteiger partial charge in [0.25, 0.3) is 0 Å². The number of nitrogens with one attached hydrogen (secondary N) is 1. The number of aryl methyl sites for hydroxylation is 1. The Morgan fingerprint density at radius 3 is 3.05 bits per heavy atom. The van der Waals surface area contributed by atoms with Gasteiger partial charge in [-0.2, -0.15) is 0 Å². The smallest absolute Gasteiger partial charge is 0.217 e. The molecular weight excluding hydrogens is 258 g/mol. The molecule has 2 aliphatic rings. The Kier molecular flexibility index (Phi) is 2.85. The van der Waals surface area contributed by atoms with Crippen LogP contribution in [0.4, 0.5) is 0 Å². The first-order valence-electron chi connectivity index (χ1n) is 7.01. The maximum Gasteiger partial charge on any atom is 0.217 e. The second-order valence-electron chi connectivity index (χ2n) is 5.35. The predicted octanol–water partition coefficient (Wildman–Crippen LogP) is 1.85.